The lowest BCUT2D eigenvalue weighted by Crippen LogP contribution is -2.30. The normalized spacial score (nSPS) is 11.2. The second-order valence-electron chi connectivity index (χ2n) is 5.72. The van der Waals surface area contributed by atoms with Crippen molar-refractivity contribution in [2.75, 3.05) is 0 Å². The number of fused-ring (bicyclic) bond motifs is 1. The topological polar surface area (TPSA) is 52.6 Å². The number of hydrogen-bond acceptors (Lipinski definition) is 4. The summed E-state index contributed by atoms with van der Waals surface area (Å²) in [7, 11) is 0. The van der Waals surface area contributed by atoms with Gasteiger partial charge in [-0.2, -0.15) is 0 Å². The molecule has 0 unspecified atom stereocenters. The molecule has 2 aromatic rings. The van der Waals surface area contributed by atoms with Crippen molar-refractivity contribution in [3.8, 4) is 0 Å². The first-order valence-corrected chi connectivity index (χ1v) is 6.73. The first-order valence-electron chi connectivity index (χ1n) is 6.73. The summed E-state index contributed by atoms with van der Waals surface area (Å²) in [6.45, 7) is 5.13. The van der Waals surface area contributed by atoms with E-state index in [1.165, 1.54) is 0 Å². The summed E-state index contributed by atoms with van der Waals surface area (Å²) < 4.78 is 9.99. The van der Waals surface area contributed by atoms with Crippen LogP contribution in [-0.4, -0.2) is 17.5 Å². The van der Waals surface area contributed by atoms with Crippen LogP contribution >= 0.6 is 0 Å². The molecule has 0 N–H and O–H groups in total. The van der Waals surface area contributed by atoms with Crippen LogP contribution in [0.5, 0.6) is 0 Å². The van der Waals surface area contributed by atoms with E-state index in [0.717, 1.165) is 16.3 Å². The van der Waals surface area contributed by atoms with Crippen molar-refractivity contribution in [1.82, 2.24) is 0 Å². The van der Waals surface area contributed by atoms with Crippen molar-refractivity contribution in [1.29, 1.82) is 0 Å². The van der Waals surface area contributed by atoms with Crippen LogP contribution in [0.1, 0.15) is 26.3 Å². The zero-order valence-electron chi connectivity index (χ0n) is 12.4. The minimum absolute atomic E-state index is 0.0411. The molecular formula is C17H18O4. The molecule has 0 aromatic heterocycles. The van der Waals surface area contributed by atoms with Crippen molar-refractivity contribution >= 4 is 22.7 Å². The van der Waals surface area contributed by atoms with Crippen molar-refractivity contribution in [3.05, 3.63) is 48.0 Å². The maximum Gasteiger partial charge on any atom is 0.418 e. The molecule has 2 rings (SSSR count). The maximum atomic E-state index is 11.6. The highest BCUT2D eigenvalue weighted by molar-refractivity contribution is 6.29. The molecule has 4 heteroatoms. The van der Waals surface area contributed by atoms with Crippen molar-refractivity contribution in [3.63, 3.8) is 0 Å². The van der Waals surface area contributed by atoms with Gasteiger partial charge in [-0.1, -0.05) is 42.5 Å². The summed E-state index contributed by atoms with van der Waals surface area (Å²) in [6, 6.07) is 13.5. The van der Waals surface area contributed by atoms with E-state index in [2.05, 4.69) is 0 Å². The fourth-order valence-electron chi connectivity index (χ4n) is 1.94. The number of carbonyl (C=O) groups excluding carboxylic acids is 2. The smallest absolute Gasteiger partial charge is 0.418 e. The van der Waals surface area contributed by atoms with Gasteiger partial charge in [-0.3, -0.25) is 0 Å². The lowest BCUT2D eigenvalue weighted by atomic mass is 10.1. The van der Waals surface area contributed by atoms with Crippen LogP contribution in [0.3, 0.4) is 0 Å². The molecule has 0 saturated heterocycles. The van der Waals surface area contributed by atoms with Crippen LogP contribution in [0.15, 0.2) is 42.5 Å². The molecule has 0 saturated carbocycles. The quantitative estimate of drug-likeness (QED) is 0.628. The monoisotopic (exact) mass is 286 g/mol. The molecule has 0 atom stereocenters. The summed E-state index contributed by atoms with van der Waals surface area (Å²) in [5, 5.41) is 2.06. The number of ether oxygens (including phenoxy) is 2. The van der Waals surface area contributed by atoms with Gasteiger partial charge in [-0.05, 0) is 37.1 Å². The van der Waals surface area contributed by atoms with Crippen LogP contribution in [0.2, 0.25) is 0 Å². The minimum Gasteiger partial charge on any atom is -0.452 e. The van der Waals surface area contributed by atoms with Gasteiger partial charge in [0.2, 0.25) is 0 Å². The summed E-state index contributed by atoms with van der Waals surface area (Å²) in [5.74, 6) is -1.94. The third-order valence-electron chi connectivity index (χ3n) is 2.80. The van der Waals surface area contributed by atoms with E-state index in [9.17, 15) is 9.59 Å². The Hall–Kier alpha value is -2.36. The Morgan fingerprint density at radius 1 is 0.952 bits per heavy atom. The SMILES string of the molecule is CC(C)(C)OC(=O)C(=O)OCc1cccc2ccccc12. The molecule has 0 spiro atoms. The number of carbonyl (C=O) groups is 2. The third kappa shape index (κ3) is 4.05. The Morgan fingerprint density at radius 2 is 1.62 bits per heavy atom. The molecule has 0 amide bonds. The first-order chi connectivity index (χ1) is 9.87. The summed E-state index contributed by atoms with van der Waals surface area (Å²) in [6.07, 6.45) is 0. The number of hydrogen-bond donors (Lipinski definition) is 0. The summed E-state index contributed by atoms with van der Waals surface area (Å²) >= 11 is 0. The van der Waals surface area contributed by atoms with Crippen molar-refractivity contribution < 1.29 is 19.1 Å². The van der Waals surface area contributed by atoms with Gasteiger partial charge < -0.3 is 9.47 Å². The molecule has 0 aliphatic carbocycles. The van der Waals surface area contributed by atoms with Gasteiger partial charge in [0.1, 0.15) is 12.2 Å². The molecule has 4 nitrogen and oxygen atoms in total. The number of rotatable bonds is 2. The molecular weight excluding hydrogens is 268 g/mol. The average molecular weight is 286 g/mol. The molecule has 2 aromatic carbocycles. The highest BCUT2D eigenvalue weighted by atomic mass is 16.6. The van der Waals surface area contributed by atoms with Gasteiger partial charge in [0, 0.05) is 0 Å². The Balaban J connectivity index is 2.05. The fraction of sp³-hybridized carbons (Fsp3) is 0.294. The maximum absolute atomic E-state index is 11.6. The van der Waals surface area contributed by atoms with Gasteiger partial charge in [-0.15, -0.1) is 0 Å². The van der Waals surface area contributed by atoms with E-state index in [1.807, 2.05) is 42.5 Å². The summed E-state index contributed by atoms with van der Waals surface area (Å²) in [4.78, 5) is 23.2. The van der Waals surface area contributed by atoms with Crippen LogP contribution < -0.4 is 0 Å². The number of benzene rings is 2. The van der Waals surface area contributed by atoms with Gasteiger partial charge >= 0.3 is 11.9 Å². The van der Waals surface area contributed by atoms with E-state index >= 15 is 0 Å². The lowest BCUT2D eigenvalue weighted by Gasteiger charge is -2.18. The second kappa shape index (κ2) is 5.95. The molecule has 0 fully saturated rings. The zero-order valence-corrected chi connectivity index (χ0v) is 12.4. The molecule has 0 radical (unpaired) electrons. The molecule has 0 aliphatic heterocycles. The van der Waals surface area contributed by atoms with Gasteiger partial charge in [0.25, 0.3) is 0 Å². The molecule has 0 heterocycles. The highest BCUT2D eigenvalue weighted by Crippen LogP contribution is 2.19. The molecule has 0 bridgehead atoms. The van der Waals surface area contributed by atoms with E-state index in [1.54, 1.807) is 20.8 Å². The summed E-state index contributed by atoms with van der Waals surface area (Å²) in [5.41, 5.74) is 0.139. The fourth-order valence-corrected chi connectivity index (χ4v) is 1.94. The van der Waals surface area contributed by atoms with Gasteiger partial charge in [-0.25, -0.2) is 9.59 Å². The number of esters is 2. The standard InChI is InChI=1S/C17H18O4/c1-17(2,3)21-16(19)15(18)20-11-13-9-6-8-12-7-4-5-10-14(12)13/h4-10H,11H2,1-3H3. The largest absolute Gasteiger partial charge is 0.452 e. The first kappa shape index (κ1) is 15.0. The van der Waals surface area contributed by atoms with Crippen molar-refractivity contribution in [2.45, 2.75) is 33.0 Å². The third-order valence-corrected chi connectivity index (χ3v) is 2.80. The van der Waals surface area contributed by atoms with E-state index in [-0.39, 0.29) is 6.61 Å². The molecule has 21 heavy (non-hydrogen) atoms. The van der Waals surface area contributed by atoms with Gasteiger partial charge in [0.05, 0.1) is 0 Å². The second-order valence-corrected chi connectivity index (χ2v) is 5.72. The minimum atomic E-state index is -0.974. The van der Waals surface area contributed by atoms with E-state index < -0.39 is 17.5 Å². The Kier molecular flexibility index (Phi) is 4.26. The predicted molar refractivity (Wildman–Crippen MR) is 79.6 cm³/mol. The lowest BCUT2D eigenvalue weighted by molar-refractivity contribution is -0.175. The van der Waals surface area contributed by atoms with Crippen LogP contribution in [0.25, 0.3) is 10.8 Å². The zero-order chi connectivity index (χ0) is 15.5. The van der Waals surface area contributed by atoms with Crippen molar-refractivity contribution in [2.24, 2.45) is 0 Å². The molecule has 0 aliphatic rings. The van der Waals surface area contributed by atoms with Gasteiger partial charge in [0.15, 0.2) is 0 Å². The molecule has 110 valence electrons. The highest BCUT2D eigenvalue weighted by Gasteiger charge is 2.24. The van der Waals surface area contributed by atoms with Crippen LogP contribution in [0.4, 0.5) is 0 Å². The van der Waals surface area contributed by atoms with Crippen LogP contribution in [-0.2, 0) is 25.7 Å². The van der Waals surface area contributed by atoms with E-state index in [0.29, 0.717) is 0 Å². The average Bonchev–Trinajstić information content (AvgIpc) is 2.42. The Labute approximate surface area is 123 Å². The Bertz CT molecular complexity index is 663. The Morgan fingerprint density at radius 3 is 2.33 bits per heavy atom. The predicted octanol–water partition coefficient (Wildman–Crippen LogP) is 3.22. The van der Waals surface area contributed by atoms with E-state index in [4.69, 9.17) is 9.47 Å². The van der Waals surface area contributed by atoms with Crippen LogP contribution in [0, 0.1) is 0 Å².